The van der Waals surface area contributed by atoms with Crippen molar-refractivity contribution in [3.63, 3.8) is 0 Å². The smallest absolute Gasteiger partial charge is 0.263 e. The first-order valence-corrected chi connectivity index (χ1v) is 6.99. The zero-order valence-corrected chi connectivity index (χ0v) is 12.5. The van der Waals surface area contributed by atoms with E-state index in [0.717, 1.165) is 5.69 Å². The van der Waals surface area contributed by atoms with Crippen LogP contribution in [0.15, 0.2) is 42.7 Å². The molecule has 6 nitrogen and oxygen atoms in total. The second-order valence-electron chi connectivity index (χ2n) is 4.67. The minimum Gasteiger partial charge on any atom is -0.480 e. The van der Waals surface area contributed by atoms with Gasteiger partial charge in [0.1, 0.15) is 11.0 Å². The molecule has 0 aliphatic heterocycles. The van der Waals surface area contributed by atoms with Crippen LogP contribution in [-0.4, -0.2) is 26.9 Å². The summed E-state index contributed by atoms with van der Waals surface area (Å²) in [4.78, 5) is 20.2. The molecule has 0 radical (unpaired) electrons. The summed E-state index contributed by atoms with van der Waals surface area (Å²) in [7, 11) is 0. The van der Waals surface area contributed by atoms with Gasteiger partial charge < -0.3 is 14.5 Å². The SMILES string of the molecule is Cc1cn2cccc(OCC(=O)Nc3cccc(Cl)n3)c2n1. The molecule has 3 heterocycles. The number of nitrogens with zero attached hydrogens (tertiary/aromatic N) is 3. The Morgan fingerprint density at radius 1 is 1.32 bits per heavy atom. The number of aromatic nitrogens is 3. The van der Waals surface area contributed by atoms with Crippen molar-refractivity contribution in [3.8, 4) is 5.75 Å². The molecule has 3 rings (SSSR count). The van der Waals surface area contributed by atoms with Crippen LogP contribution in [0.5, 0.6) is 5.75 Å². The molecule has 112 valence electrons. The van der Waals surface area contributed by atoms with Crippen LogP contribution in [-0.2, 0) is 4.79 Å². The average Bonchev–Trinajstić information content (AvgIpc) is 2.86. The van der Waals surface area contributed by atoms with Gasteiger partial charge in [0.2, 0.25) is 0 Å². The molecule has 0 aromatic carbocycles. The van der Waals surface area contributed by atoms with Gasteiger partial charge in [0.15, 0.2) is 18.0 Å². The number of aryl methyl sites for hydroxylation is 1. The lowest BCUT2D eigenvalue weighted by Gasteiger charge is -2.08. The van der Waals surface area contributed by atoms with Crippen LogP contribution in [0.3, 0.4) is 0 Å². The van der Waals surface area contributed by atoms with Gasteiger partial charge in [0.25, 0.3) is 5.91 Å². The van der Waals surface area contributed by atoms with E-state index in [1.807, 2.05) is 29.8 Å². The van der Waals surface area contributed by atoms with Gasteiger partial charge in [-0.2, -0.15) is 0 Å². The van der Waals surface area contributed by atoms with Crippen LogP contribution < -0.4 is 10.1 Å². The fraction of sp³-hybridized carbons (Fsp3) is 0.133. The topological polar surface area (TPSA) is 68.5 Å². The van der Waals surface area contributed by atoms with Gasteiger partial charge in [-0.3, -0.25) is 4.79 Å². The first-order valence-electron chi connectivity index (χ1n) is 6.61. The third kappa shape index (κ3) is 3.17. The quantitative estimate of drug-likeness (QED) is 0.751. The summed E-state index contributed by atoms with van der Waals surface area (Å²) >= 11 is 5.76. The molecule has 3 aromatic rings. The zero-order chi connectivity index (χ0) is 15.5. The van der Waals surface area contributed by atoms with Gasteiger partial charge in [0.05, 0.1) is 5.69 Å². The third-order valence-corrected chi connectivity index (χ3v) is 3.12. The number of rotatable bonds is 4. The second kappa shape index (κ2) is 6.03. The fourth-order valence-corrected chi connectivity index (χ4v) is 2.19. The third-order valence-electron chi connectivity index (χ3n) is 2.91. The summed E-state index contributed by atoms with van der Waals surface area (Å²) in [6.07, 6.45) is 3.76. The molecule has 1 N–H and O–H groups in total. The van der Waals surface area contributed by atoms with E-state index in [1.54, 1.807) is 24.3 Å². The largest absolute Gasteiger partial charge is 0.480 e. The lowest BCUT2D eigenvalue weighted by Crippen LogP contribution is -2.21. The number of hydrogen-bond acceptors (Lipinski definition) is 4. The molecule has 0 aliphatic rings. The molecule has 0 saturated heterocycles. The van der Waals surface area contributed by atoms with Crippen LogP contribution in [0.2, 0.25) is 5.15 Å². The highest BCUT2D eigenvalue weighted by Crippen LogP contribution is 2.18. The molecule has 7 heteroatoms. The summed E-state index contributed by atoms with van der Waals surface area (Å²) in [6.45, 7) is 1.76. The molecule has 22 heavy (non-hydrogen) atoms. The second-order valence-corrected chi connectivity index (χ2v) is 5.06. The van der Waals surface area contributed by atoms with Crippen molar-refractivity contribution < 1.29 is 9.53 Å². The van der Waals surface area contributed by atoms with E-state index in [2.05, 4.69) is 15.3 Å². The molecule has 0 atom stereocenters. The van der Waals surface area contributed by atoms with Crippen molar-refractivity contribution in [1.29, 1.82) is 0 Å². The maximum atomic E-state index is 11.9. The number of amides is 1. The lowest BCUT2D eigenvalue weighted by molar-refractivity contribution is -0.118. The highest BCUT2D eigenvalue weighted by Gasteiger charge is 2.09. The van der Waals surface area contributed by atoms with Crippen molar-refractivity contribution in [2.75, 3.05) is 11.9 Å². The van der Waals surface area contributed by atoms with Gasteiger partial charge in [-0.1, -0.05) is 17.7 Å². The number of halogens is 1. The van der Waals surface area contributed by atoms with E-state index in [9.17, 15) is 4.79 Å². The molecule has 0 spiro atoms. The van der Waals surface area contributed by atoms with E-state index in [0.29, 0.717) is 22.4 Å². The number of ether oxygens (including phenoxy) is 1. The van der Waals surface area contributed by atoms with Crippen molar-refractivity contribution in [3.05, 3.63) is 53.6 Å². The fourth-order valence-electron chi connectivity index (χ4n) is 2.02. The molecular weight excluding hydrogens is 304 g/mol. The Bertz CT molecular complexity index is 831. The average molecular weight is 317 g/mol. The van der Waals surface area contributed by atoms with Crippen LogP contribution in [0.25, 0.3) is 5.65 Å². The Morgan fingerprint density at radius 3 is 3.00 bits per heavy atom. The van der Waals surface area contributed by atoms with Gasteiger partial charge in [-0.25, -0.2) is 9.97 Å². The normalized spacial score (nSPS) is 10.6. The van der Waals surface area contributed by atoms with Gasteiger partial charge in [0, 0.05) is 12.4 Å². The van der Waals surface area contributed by atoms with Crippen molar-refractivity contribution in [1.82, 2.24) is 14.4 Å². The van der Waals surface area contributed by atoms with Gasteiger partial charge >= 0.3 is 0 Å². The highest BCUT2D eigenvalue weighted by atomic mass is 35.5. The van der Waals surface area contributed by atoms with Crippen LogP contribution >= 0.6 is 11.6 Å². The Kier molecular flexibility index (Phi) is 3.93. The molecule has 0 unspecified atom stereocenters. The van der Waals surface area contributed by atoms with E-state index in [4.69, 9.17) is 16.3 Å². The molecule has 0 saturated carbocycles. The number of imidazole rings is 1. The van der Waals surface area contributed by atoms with E-state index < -0.39 is 0 Å². The summed E-state index contributed by atoms with van der Waals surface area (Å²) in [6, 6.07) is 8.60. The number of anilines is 1. The Hall–Kier alpha value is -2.60. The first kappa shape index (κ1) is 14.3. The van der Waals surface area contributed by atoms with Crippen LogP contribution in [0.4, 0.5) is 5.82 Å². The van der Waals surface area contributed by atoms with E-state index in [1.165, 1.54) is 0 Å². The van der Waals surface area contributed by atoms with Crippen molar-refractivity contribution >= 4 is 29.0 Å². The number of pyridine rings is 2. The predicted molar refractivity (Wildman–Crippen MR) is 83.3 cm³/mol. The predicted octanol–water partition coefficient (Wildman–Crippen LogP) is 2.71. The van der Waals surface area contributed by atoms with Gasteiger partial charge in [-0.05, 0) is 31.2 Å². The lowest BCUT2D eigenvalue weighted by atomic mass is 10.4. The zero-order valence-electron chi connectivity index (χ0n) is 11.8. The van der Waals surface area contributed by atoms with Gasteiger partial charge in [-0.15, -0.1) is 0 Å². The molecule has 1 amide bonds. The summed E-state index contributed by atoms with van der Waals surface area (Å²) in [5, 5.41) is 2.94. The minimum atomic E-state index is -0.319. The van der Waals surface area contributed by atoms with E-state index >= 15 is 0 Å². The first-order chi connectivity index (χ1) is 10.6. The highest BCUT2D eigenvalue weighted by molar-refractivity contribution is 6.29. The number of hydrogen-bond donors (Lipinski definition) is 1. The number of carbonyl (C=O) groups is 1. The molecule has 0 bridgehead atoms. The van der Waals surface area contributed by atoms with Crippen LogP contribution in [0.1, 0.15) is 5.69 Å². The maximum Gasteiger partial charge on any atom is 0.263 e. The molecule has 0 fully saturated rings. The minimum absolute atomic E-state index is 0.139. The van der Waals surface area contributed by atoms with Crippen molar-refractivity contribution in [2.45, 2.75) is 6.92 Å². The Balaban J connectivity index is 1.67. The summed E-state index contributed by atoms with van der Waals surface area (Å²) < 4.78 is 7.39. The number of carbonyl (C=O) groups excluding carboxylic acids is 1. The number of fused-ring (bicyclic) bond motifs is 1. The maximum absolute atomic E-state index is 11.9. The monoisotopic (exact) mass is 316 g/mol. The van der Waals surface area contributed by atoms with E-state index in [-0.39, 0.29) is 12.5 Å². The molecule has 0 aliphatic carbocycles. The number of nitrogens with one attached hydrogen (secondary N) is 1. The van der Waals surface area contributed by atoms with Crippen molar-refractivity contribution in [2.24, 2.45) is 0 Å². The molecule has 3 aromatic heterocycles. The standard InChI is InChI=1S/C15H13ClN4O2/c1-10-8-20-7-3-4-11(15(20)17-10)22-9-14(21)19-13-6-2-5-12(16)18-13/h2-8H,9H2,1H3,(H,18,19,21). The Morgan fingerprint density at radius 2 is 2.18 bits per heavy atom. The van der Waals surface area contributed by atoms with Crippen LogP contribution in [0, 0.1) is 6.92 Å². The molecular formula is C15H13ClN4O2. The summed E-state index contributed by atoms with van der Waals surface area (Å²) in [5.74, 6) is 0.612. The summed E-state index contributed by atoms with van der Waals surface area (Å²) in [5.41, 5.74) is 1.55. The Labute approximate surface area is 131 Å².